The Bertz CT molecular complexity index is 426. The van der Waals surface area contributed by atoms with E-state index in [1.165, 1.54) is 46.6 Å². The van der Waals surface area contributed by atoms with Crippen LogP contribution in [0.2, 0.25) is 0 Å². The molecule has 3 rings (SSSR count). The van der Waals surface area contributed by atoms with Crippen molar-refractivity contribution in [2.24, 2.45) is 0 Å². The highest BCUT2D eigenvalue weighted by Crippen LogP contribution is 2.36. The average Bonchev–Trinajstić information content (AvgIpc) is 2.94. The van der Waals surface area contributed by atoms with E-state index in [1.807, 2.05) is 0 Å². The number of hydrogen-bond donors (Lipinski definition) is 1. The van der Waals surface area contributed by atoms with Gasteiger partial charge in [0.1, 0.15) is 0 Å². The minimum Gasteiger partial charge on any atom is -0.314 e. The summed E-state index contributed by atoms with van der Waals surface area (Å²) in [6, 6.07) is 7.00. The number of benzene rings is 1. The van der Waals surface area contributed by atoms with Crippen molar-refractivity contribution in [3.05, 3.63) is 33.8 Å². The molecule has 2 fully saturated rings. The lowest BCUT2D eigenvalue weighted by Gasteiger charge is -2.27. The smallest absolute Gasteiger partial charge is 0.0235 e. The predicted molar refractivity (Wildman–Crippen MR) is 87.0 cm³/mol. The van der Waals surface area contributed by atoms with Crippen LogP contribution in [0.1, 0.15) is 23.5 Å². The normalized spacial score (nSPS) is 24.8. The first-order chi connectivity index (χ1) is 9.33. The molecule has 2 nitrogen and oxygen atoms in total. The van der Waals surface area contributed by atoms with Gasteiger partial charge in [0.25, 0.3) is 0 Å². The molecule has 2 heterocycles. The maximum atomic E-state index is 3.78. The fraction of sp³-hybridized carbons (Fsp3) is 0.600. The first-order valence-electron chi connectivity index (χ1n) is 7.12. The Kier molecular flexibility index (Phi) is 4.85. The molecule has 0 spiro atoms. The van der Waals surface area contributed by atoms with Crippen LogP contribution in [-0.4, -0.2) is 42.6 Å². The van der Waals surface area contributed by atoms with E-state index in [0.717, 1.165) is 25.6 Å². The predicted octanol–water partition coefficient (Wildman–Crippen LogP) is 3.07. The van der Waals surface area contributed by atoms with Crippen LogP contribution in [0.15, 0.2) is 22.7 Å². The Balaban J connectivity index is 1.67. The van der Waals surface area contributed by atoms with Gasteiger partial charge in [-0.3, -0.25) is 4.90 Å². The van der Waals surface area contributed by atoms with E-state index in [4.69, 9.17) is 0 Å². The topological polar surface area (TPSA) is 15.3 Å². The van der Waals surface area contributed by atoms with Crippen LogP contribution in [0, 0.1) is 0 Å². The van der Waals surface area contributed by atoms with Gasteiger partial charge >= 0.3 is 0 Å². The maximum Gasteiger partial charge on any atom is 0.0235 e. The summed E-state index contributed by atoms with van der Waals surface area (Å²) in [5.74, 6) is 3.36. The van der Waals surface area contributed by atoms with Gasteiger partial charge in [0.15, 0.2) is 0 Å². The van der Waals surface area contributed by atoms with Crippen LogP contribution in [0.4, 0.5) is 0 Å². The third-order valence-electron chi connectivity index (χ3n) is 4.05. The zero-order valence-corrected chi connectivity index (χ0v) is 13.6. The molecular weight excluding hydrogens is 320 g/mol. The molecule has 0 saturated carbocycles. The molecule has 0 aromatic heterocycles. The minimum atomic E-state index is 0.757. The molecule has 104 valence electrons. The highest BCUT2D eigenvalue weighted by atomic mass is 79.9. The summed E-state index contributed by atoms with van der Waals surface area (Å²) in [6.45, 7) is 5.66. The third-order valence-corrected chi connectivity index (χ3v) is 5.90. The van der Waals surface area contributed by atoms with Crippen molar-refractivity contribution in [2.75, 3.05) is 37.7 Å². The van der Waals surface area contributed by atoms with Crippen molar-refractivity contribution in [3.8, 4) is 0 Å². The van der Waals surface area contributed by atoms with Crippen LogP contribution >= 0.6 is 27.7 Å². The molecule has 0 aliphatic carbocycles. The molecule has 1 unspecified atom stereocenters. The maximum absolute atomic E-state index is 3.78. The second-order valence-electron chi connectivity index (χ2n) is 5.44. The van der Waals surface area contributed by atoms with Crippen LogP contribution in [0.25, 0.3) is 0 Å². The zero-order chi connectivity index (χ0) is 13.1. The lowest BCUT2D eigenvalue weighted by Crippen LogP contribution is -2.42. The Morgan fingerprint density at radius 3 is 2.84 bits per heavy atom. The van der Waals surface area contributed by atoms with Crippen molar-refractivity contribution < 1.29 is 0 Å². The number of halogens is 1. The molecule has 0 amide bonds. The van der Waals surface area contributed by atoms with Gasteiger partial charge in [-0.1, -0.05) is 28.1 Å². The number of nitrogens with one attached hydrogen (secondary N) is 1. The first kappa shape index (κ1) is 13.9. The summed E-state index contributed by atoms with van der Waals surface area (Å²) in [5, 5.41) is 3.40. The number of piperazine rings is 1. The summed E-state index contributed by atoms with van der Waals surface area (Å²) in [6.07, 6.45) is 1.33. The third kappa shape index (κ3) is 3.54. The molecule has 1 aromatic rings. The van der Waals surface area contributed by atoms with E-state index in [2.05, 4.69) is 56.1 Å². The molecule has 1 N–H and O–H groups in total. The SMILES string of the molecule is Brc1cc(CN2CCNCC2)ccc1C1CCSC1. The fourth-order valence-corrected chi connectivity index (χ4v) is 4.91. The van der Waals surface area contributed by atoms with Gasteiger partial charge in [0, 0.05) is 42.9 Å². The van der Waals surface area contributed by atoms with Crippen LogP contribution in [-0.2, 0) is 6.54 Å². The average molecular weight is 341 g/mol. The van der Waals surface area contributed by atoms with Gasteiger partial charge in [0.2, 0.25) is 0 Å². The number of thioether (sulfide) groups is 1. The number of rotatable bonds is 3. The van der Waals surface area contributed by atoms with Gasteiger partial charge in [-0.2, -0.15) is 11.8 Å². The van der Waals surface area contributed by atoms with Crippen molar-refractivity contribution in [1.82, 2.24) is 10.2 Å². The Labute approximate surface area is 128 Å². The summed E-state index contributed by atoms with van der Waals surface area (Å²) in [7, 11) is 0. The summed E-state index contributed by atoms with van der Waals surface area (Å²) >= 11 is 5.86. The fourth-order valence-electron chi connectivity index (χ4n) is 2.91. The van der Waals surface area contributed by atoms with Gasteiger partial charge < -0.3 is 5.32 Å². The van der Waals surface area contributed by atoms with E-state index in [1.54, 1.807) is 0 Å². The second kappa shape index (κ2) is 6.61. The number of hydrogen-bond acceptors (Lipinski definition) is 3. The van der Waals surface area contributed by atoms with Gasteiger partial charge in [-0.05, 0) is 35.3 Å². The molecule has 2 saturated heterocycles. The first-order valence-corrected chi connectivity index (χ1v) is 9.07. The molecule has 0 radical (unpaired) electrons. The molecular formula is C15H21BrN2S. The van der Waals surface area contributed by atoms with Gasteiger partial charge in [-0.15, -0.1) is 0 Å². The van der Waals surface area contributed by atoms with Crippen LogP contribution < -0.4 is 5.32 Å². The largest absolute Gasteiger partial charge is 0.314 e. The van der Waals surface area contributed by atoms with Crippen molar-refractivity contribution in [3.63, 3.8) is 0 Å². The Morgan fingerprint density at radius 2 is 2.16 bits per heavy atom. The Morgan fingerprint density at radius 1 is 1.32 bits per heavy atom. The van der Waals surface area contributed by atoms with Crippen LogP contribution in [0.5, 0.6) is 0 Å². The quantitative estimate of drug-likeness (QED) is 0.910. The minimum absolute atomic E-state index is 0.757. The summed E-state index contributed by atoms with van der Waals surface area (Å²) in [4.78, 5) is 2.53. The highest BCUT2D eigenvalue weighted by Gasteiger charge is 2.20. The van der Waals surface area contributed by atoms with E-state index >= 15 is 0 Å². The molecule has 1 atom stereocenters. The molecule has 2 aliphatic heterocycles. The van der Waals surface area contributed by atoms with E-state index < -0.39 is 0 Å². The van der Waals surface area contributed by atoms with Crippen molar-refractivity contribution >= 4 is 27.7 Å². The van der Waals surface area contributed by atoms with Crippen molar-refractivity contribution in [1.29, 1.82) is 0 Å². The Hall–Kier alpha value is -0.0300. The second-order valence-corrected chi connectivity index (χ2v) is 7.45. The van der Waals surface area contributed by atoms with E-state index in [-0.39, 0.29) is 0 Å². The van der Waals surface area contributed by atoms with Gasteiger partial charge in [-0.25, -0.2) is 0 Å². The van der Waals surface area contributed by atoms with E-state index in [9.17, 15) is 0 Å². The molecule has 19 heavy (non-hydrogen) atoms. The highest BCUT2D eigenvalue weighted by molar-refractivity contribution is 9.10. The number of nitrogens with zero attached hydrogens (tertiary/aromatic N) is 1. The summed E-state index contributed by atoms with van der Waals surface area (Å²) in [5.41, 5.74) is 2.94. The lowest BCUT2D eigenvalue weighted by molar-refractivity contribution is 0.233. The molecule has 2 aliphatic rings. The molecule has 0 bridgehead atoms. The van der Waals surface area contributed by atoms with Crippen molar-refractivity contribution in [2.45, 2.75) is 18.9 Å². The van der Waals surface area contributed by atoms with Gasteiger partial charge in [0.05, 0.1) is 0 Å². The standard InChI is InChI=1S/C15H21BrN2S/c16-15-9-12(10-18-6-4-17-5-7-18)1-2-14(15)13-3-8-19-11-13/h1-2,9,13,17H,3-8,10-11H2. The zero-order valence-electron chi connectivity index (χ0n) is 11.2. The van der Waals surface area contributed by atoms with Crippen LogP contribution in [0.3, 0.4) is 0 Å². The molecule has 1 aromatic carbocycles. The summed E-state index contributed by atoms with van der Waals surface area (Å²) < 4.78 is 1.31. The van der Waals surface area contributed by atoms with E-state index in [0.29, 0.717) is 0 Å². The molecule has 4 heteroatoms. The monoisotopic (exact) mass is 340 g/mol. The lowest BCUT2D eigenvalue weighted by atomic mass is 9.97.